The topological polar surface area (TPSA) is 0 Å². The summed E-state index contributed by atoms with van der Waals surface area (Å²) in [6.07, 6.45) is 11.3. The van der Waals surface area contributed by atoms with Crippen LogP contribution in [0, 0.1) is 17.9 Å². The van der Waals surface area contributed by atoms with Crippen LogP contribution in [0.1, 0.15) is 34.1 Å². The maximum absolute atomic E-state index is 6.84. The highest BCUT2D eigenvalue weighted by Gasteiger charge is 2.35. The fourth-order valence-electron chi connectivity index (χ4n) is 4.21. The van der Waals surface area contributed by atoms with Crippen molar-refractivity contribution in [3.8, 4) is 0 Å². The molecule has 3 aliphatic rings. The van der Waals surface area contributed by atoms with Crippen molar-refractivity contribution >= 4 is 36.8 Å². The number of fused-ring (bicyclic) bond motifs is 1. The monoisotopic (exact) mass is 387 g/mol. The van der Waals surface area contributed by atoms with Gasteiger partial charge in [-0.1, -0.05) is 75.3 Å². The van der Waals surface area contributed by atoms with E-state index in [9.17, 15) is 0 Å². The van der Waals surface area contributed by atoms with E-state index in [-0.39, 0.29) is 5.92 Å². The zero-order chi connectivity index (χ0) is 18.5. The third-order valence-corrected chi connectivity index (χ3v) is 8.04. The number of allylic oxidation sites excluding steroid dienone is 12. The minimum atomic E-state index is -0.728. The highest BCUT2D eigenvalue weighted by Crippen LogP contribution is 2.48. The third-order valence-electron chi connectivity index (χ3n) is 5.24. The molecular formula is C22H25Cl2Si. The van der Waals surface area contributed by atoms with Crippen molar-refractivity contribution in [2.45, 2.75) is 47.2 Å². The summed E-state index contributed by atoms with van der Waals surface area (Å²) in [6.45, 7) is 13.5. The van der Waals surface area contributed by atoms with Gasteiger partial charge >= 0.3 is 0 Å². The second-order valence-electron chi connectivity index (χ2n) is 7.57. The van der Waals surface area contributed by atoms with E-state index in [0.717, 1.165) is 22.1 Å². The maximum atomic E-state index is 6.84. The molecule has 0 fully saturated rings. The van der Waals surface area contributed by atoms with Crippen molar-refractivity contribution in [2.24, 2.45) is 11.8 Å². The molecule has 0 bridgehead atoms. The number of hydrogen-bond donors (Lipinski definition) is 0. The minimum absolute atomic E-state index is 0.276. The number of rotatable bonds is 2. The molecule has 3 rings (SSSR count). The molecule has 3 heteroatoms. The molecule has 0 aromatic carbocycles. The van der Waals surface area contributed by atoms with Crippen LogP contribution in [0.2, 0.25) is 13.1 Å². The van der Waals surface area contributed by atoms with Gasteiger partial charge in [-0.05, 0) is 63.9 Å². The molecule has 0 aliphatic heterocycles. The van der Waals surface area contributed by atoms with Gasteiger partial charge in [-0.25, -0.2) is 0 Å². The van der Waals surface area contributed by atoms with E-state index in [4.69, 9.17) is 23.2 Å². The van der Waals surface area contributed by atoms with E-state index in [1.165, 1.54) is 33.0 Å². The first-order valence-corrected chi connectivity index (χ1v) is 12.2. The summed E-state index contributed by atoms with van der Waals surface area (Å²) in [6, 6.07) is 0. The van der Waals surface area contributed by atoms with Crippen LogP contribution in [0.5, 0.6) is 0 Å². The predicted octanol–water partition coefficient (Wildman–Crippen LogP) is 6.73. The average Bonchev–Trinajstić information content (AvgIpc) is 3.12. The molecule has 0 N–H and O–H groups in total. The van der Waals surface area contributed by atoms with Crippen LogP contribution in [0.15, 0.2) is 61.7 Å². The smallest absolute Gasteiger partial charge is 0.0632 e. The lowest BCUT2D eigenvalue weighted by Gasteiger charge is -2.22. The van der Waals surface area contributed by atoms with Crippen LogP contribution in [0.3, 0.4) is 0 Å². The molecule has 0 spiro atoms. The van der Waals surface area contributed by atoms with Crippen molar-refractivity contribution in [1.29, 1.82) is 0 Å². The molecule has 1 atom stereocenters. The van der Waals surface area contributed by atoms with Crippen LogP contribution in [-0.4, -0.2) is 13.6 Å². The van der Waals surface area contributed by atoms with Crippen molar-refractivity contribution < 1.29 is 0 Å². The Kier molecular flexibility index (Phi) is 5.30. The Hall–Kier alpha value is -0.893. The first kappa shape index (κ1) is 18.9. The highest BCUT2D eigenvalue weighted by atomic mass is 35.5. The first-order valence-electron chi connectivity index (χ1n) is 8.94. The quantitative estimate of drug-likeness (QED) is 0.460. The van der Waals surface area contributed by atoms with Gasteiger partial charge in [0.05, 0.1) is 10.1 Å². The number of hydrogen-bond acceptors (Lipinski definition) is 0. The summed E-state index contributed by atoms with van der Waals surface area (Å²) in [5.74, 6) is 0.579. The summed E-state index contributed by atoms with van der Waals surface area (Å²) in [5.41, 5.74) is 7.69. The fraction of sp³-hybridized carbons (Fsp3) is 0.409. The fourth-order valence-corrected chi connectivity index (χ4v) is 7.11. The molecule has 0 nitrogen and oxygen atoms in total. The lowest BCUT2D eigenvalue weighted by atomic mass is 9.85. The molecule has 0 aromatic heterocycles. The predicted molar refractivity (Wildman–Crippen MR) is 114 cm³/mol. The Morgan fingerprint density at radius 1 is 1.20 bits per heavy atom. The molecule has 0 saturated carbocycles. The van der Waals surface area contributed by atoms with Crippen LogP contribution in [0.4, 0.5) is 0 Å². The summed E-state index contributed by atoms with van der Waals surface area (Å²) in [7, 11) is -0.728. The van der Waals surface area contributed by atoms with Crippen molar-refractivity contribution in [3.05, 3.63) is 67.8 Å². The molecule has 25 heavy (non-hydrogen) atoms. The molecule has 1 unspecified atom stereocenters. The lowest BCUT2D eigenvalue weighted by molar-refractivity contribution is 0.777. The molecule has 0 heterocycles. The Morgan fingerprint density at radius 2 is 1.88 bits per heavy atom. The Labute approximate surface area is 163 Å². The van der Waals surface area contributed by atoms with Gasteiger partial charge in [-0.3, -0.25) is 0 Å². The van der Waals surface area contributed by atoms with E-state index in [2.05, 4.69) is 65.1 Å². The van der Waals surface area contributed by atoms with E-state index < -0.39 is 8.41 Å². The van der Waals surface area contributed by atoms with Gasteiger partial charge in [0.2, 0.25) is 0 Å². The molecule has 3 aliphatic carbocycles. The Morgan fingerprint density at radius 3 is 2.40 bits per heavy atom. The first-order chi connectivity index (χ1) is 11.8. The molecule has 0 amide bonds. The second kappa shape index (κ2) is 7.02. The molecule has 1 radical (unpaired) electrons. The summed E-state index contributed by atoms with van der Waals surface area (Å²) in [5, 5.41) is 2.85. The maximum Gasteiger partial charge on any atom is 0.0632 e. The van der Waals surface area contributed by atoms with E-state index >= 15 is 0 Å². The third kappa shape index (κ3) is 3.05. The molecule has 0 saturated heterocycles. The van der Waals surface area contributed by atoms with Gasteiger partial charge in [0.15, 0.2) is 0 Å². The zero-order valence-electron chi connectivity index (χ0n) is 15.8. The zero-order valence-corrected chi connectivity index (χ0v) is 18.4. The normalized spacial score (nSPS) is 23.6. The van der Waals surface area contributed by atoms with E-state index in [0.29, 0.717) is 5.92 Å². The minimum Gasteiger partial charge on any atom is -0.0828 e. The molecule has 131 valence electrons. The standard InChI is InChI=1S/C22H25Cl2Si/c1-12(2)17-16-11-13(3)18(15-9-7-8-10-15)19(16)14(4)22(25(5)6)21(24)20(17)23/h7-9,12,14H,10H2,1-6H3. The molecule has 0 aromatic rings. The van der Waals surface area contributed by atoms with E-state index in [1.54, 1.807) is 0 Å². The van der Waals surface area contributed by atoms with Crippen LogP contribution in [-0.2, 0) is 0 Å². The van der Waals surface area contributed by atoms with Crippen LogP contribution in [0.25, 0.3) is 0 Å². The SMILES string of the molecule is CC1=[C]C2=C(C(C)C)C(Cl)=C(Cl)C(=[Si](C)C)C(C)C2=C1C1=CC=CC1. The van der Waals surface area contributed by atoms with Gasteiger partial charge in [-0.15, -0.1) is 0 Å². The lowest BCUT2D eigenvalue weighted by Crippen LogP contribution is -2.21. The van der Waals surface area contributed by atoms with Crippen LogP contribution < -0.4 is 0 Å². The average molecular weight is 388 g/mol. The Balaban J connectivity index is 2.40. The van der Waals surface area contributed by atoms with E-state index in [1.807, 2.05) is 0 Å². The summed E-state index contributed by atoms with van der Waals surface area (Å²) >= 11 is 13.7. The summed E-state index contributed by atoms with van der Waals surface area (Å²) < 4.78 is 0. The highest BCUT2D eigenvalue weighted by molar-refractivity contribution is 6.77. The van der Waals surface area contributed by atoms with Gasteiger partial charge < -0.3 is 0 Å². The van der Waals surface area contributed by atoms with Gasteiger partial charge in [0.25, 0.3) is 0 Å². The van der Waals surface area contributed by atoms with Crippen molar-refractivity contribution in [2.75, 3.05) is 0 Å². The van der Waals surface area contributed by atoms with Gasteiger partial charge in [-0.2, -0.15) is 0 Å². The van der Waals surface area contributed by atoms with Crippen molar-refractivity contribution in [1.82, 2.24) is 0 Å². The second-order valence-corrected chi connectivity index (χ2v) is 10.9. The molecular weight excluding hydrogens is 363 g/mol. The Bertz CT molecular complexity index is 850. The summed E-state index contributed by atoms with van der Waals surface area (Å²) in [4.78, 5) is 0. The van der Waals surface area contributed by atoms with Gasteiger partial charge in [0, 0.05) is 14.3 Å². The van der Waals surface area contributed by atoms with Crippen LogP contribution >= 0.6 is 23.2 Å². The van der Waals surface area contributed by atoms with Gasteiger partial charge in [0.1, 0.15) is 0 Å². The number of halogens is 2. The largest absolute Gasteiger partial charge is 0.0828 e. The van der Waals surface area contributed by atoms with Crippen molar-refractivity contribution in [3.63, 3.8) is 0 Å².